The molecular weight excluding hydrogens is 376 g/mol. The van der Waals surface area contributed by atoms with Crippen molar-refractivity contribution in [2.24, 2.45) is 10.9 Å². The maximum absolute atomic E-state index is 12.4. The van der Waals surface area contributed by atoms with E-state index in [0.717, 1.165) is 70.1 Å². The van der Waals surface area contributed by atoms with Gasteiger partial charge in [-0.25, -0.2) is 9.48 Å². The van der Waals surface area contributed by atoms with Crippen LogP contribution in [0.3, 0.4) is 0 Å². The molecule has 1 saturated heterocycles. The Morgan fingerprint density at radius 2 is 2.07 bits per heavy atom. The summed E-state index contributed by atoms with van der Waals surface area (Å²) < 4.78 is 3.48. The molecule has 1 N–H and O–H groups in total. The molecule has 2 unspecified atom stereocenters. The fourth-order valence-corrected chi connectivity index (χ4v) is 4.89. The van der Waals surface area contributed by atoms with Crippen LogP contribution in [0.2, 0.25) is 0 Å². The summed E-state index contributed by atoms with van der Waals surface area (Å²) in [5, 5.41) is 8.01. The molecule has 0 bridgehead atoms. The molecule has 1 aromatic carbocycles. The number of rotatable bonds is 5. The number of piperidine rings is 1. The van der Waals surface area contributed by atoms with Crippen LogP contribution in [0.1, 0.15) is 49.9 Å². The van der Waals surface area contributed by atoms with E-state index in [1.54, 1.807) is 4.68 Å². The molecule has 1 fully saturated rings. The van der Waals surface area contributed by atoms with Crippen LogP contribution < -0.4 is 11.0 Å². The van der Waals surface area contributed by atoms with E-state index >= 15 is 0 Å². The van der Waals surface area contributed by atoms with Gasteiger partial charge in [0.25, 0.3) is 0 Å². The number of nitrogens with zero attached hydrogens (tertiary/aromatic N) is 5. The van der Waals surface area contributed by atoms with Gasteiger partial charge in [0.1, 0.15) is 5.82 Å². The summed E-state index contributed by atoms with van der Waals surface area (Å²) in [6.45, 7) is 6.60. The monoisotopic (exact) mass is 410 g/mol. The lowest BCUT2D eigenvalue weighted by Gasteiger charge is -2.39. The molecule has 7 nitrogen and oxygen atoms in total. The minimum atomic E-state index is 0.0471. The molecular formula is C23H34N6O. The molecule has 0 amide bonds. The van der Waals surface area contributed by atoms with Gasteiger partial charge in [0.15, 0.2) is 5.96 Å². The molecule has 2 aliphatic heterocycles. The first kappa shape index (κ1) is 20.7. The molecule has 2 aromatic rings. The molecule has 162 valence electrons. The Bertz CT molecular complexity index is 916. The van der Waals surface area contributed by atoms with Gasteiger partial charge >= 0.3 is 5.69 Å². The Morgan fingerprint density at radius 3 is 2.80 bits per heavy atom. The van der Waals surface area contributed by atoms with Crippen LogP contribution in [0.4, 0.5) is 0 Å². The van der Waals surface area contributed by atoms with E-state index in [1.807, 2.05) is 11.6 Å². The van der Waals surface area contributed by atoms with Gasteiger partial charge in [-0.3, -0.25) is 9.56 Å². The maximum Gasteiger partial charge on any atom is 0.345 e. The molecule has 0 saturated carbocycles. The highest BCUT2D eigenvalue weighted by atomic mass is 16.2. The summed E-state index contributed by atoms with van der Waals surface area (Å²) in [4.78, 5) is 19.3. The SMILES string of the molecule is CN=C(NCCCn1nc2n(c1=O)CCCC2)N1CCC(c2ccccc2)C(C)C1. The minimum absolute atomic E-state index is 0.0471. The molecule has 0 spiro atoms. The number of hydrogen-bond donors (Lipinski definition) is 1. The van der Waals surface area contributed by atoms with Crippen LogP contribution >= 0.6 is 0 Å². The Kier molecular flexibility index (Phi) is 6.55. The van der Waals surface area contributed by atoms with Crippen LogP contribution in [0, 0.1) is 5.92 Å². The summed E-state index contributed by atoms with van der Waals surface area (Å²) in [5.41, 5.74) is 1.49. The minimum Gasteiger partial charge on any atom is -0.356 e. The van der Waals surface area contributed by atoms with E-state index in [0.29, 0.717) is 18.4 Å². The van der Waals surface area contributed by atoms with Crippen molar-refractivity contribution in [1.82, 2.24) is 24.6 Å². The Labute approximate surface area is 178 Å². The highest BCUT2D eigenvalue weighted by molar-refractivity contribution is 5.80. The number of fused-ring (bicyclic) bond motifs is 1. The van der Waals surface area contributed by atoms with Gasteiger partial charge in [-0.15, -0.1) is 0 Å². The van der Waals surface area contributed by atoms with Gasteiger partial charge in [-0.2, -0.15) is 5.10 Å². The van der Waals surface area contributed by atoms with Crippen LogP contribution in [0.25, 0.3) is 0 Å². The molecule has 3 heterocycles. The van der Waals surface area contributed by atoms with Crippen molar-refractivity contribution in [3.63, 3.8) is 0 Å². The zero-order valence-corrected chi connectivity index (χ0v) is 18.3. The van der Waals surface area contributed by atoms with E-state index in [1.165, 1.54) is 5.56 Å². The van der Waals surface area contributed by atoms with Gasteiger partial charge in [0.05, 0.1) is 0 Å². The fourth-order valence-electron chi connectivity index (χ4n) is 4.89. The zero-order valence-electron chi connectivity index (χ0n) is 18.3. The van der Waals surface area contributed by atoms with E-state index < -0.39 is 0 Å². The van der Waals surface area contributed by atoms with Crippen molar-refractivity contribution >= 4 is 5.96 Å². The number of aryl methyl sites for hydroxylation is 2. The summed E-state index contributed by atoms with van der Waals surface area (Å²) in [7, 11) is 1.85. The third kappa shape index (κ3) is 4.45. The number of aliphatic imine (C=N–C) groups is 1. The summed E-state index contributed by atoms with van der Waals surface area (Å²) >= 11 is 0. The van der Waals surface area contributed by atoms with Gasteiger partial charge in [-0.05, 0) is 43.1 Å². The molecule has 2 aliphatic rings. The average molecular weight is 411 g/mol. The number of benzene rings is 1. The molecule has 0 aliphatic carbocycles. The quantitative estimate of drug-likeness (QED) is 0.467. The van der Waals surface area contributed by atoms with Crippen LogP contribution in [0.15, 0.2) is 40.1 Å². The first-order chi connectivity index (χ1) is 14.7. The topological polar surface area (TPSA) is 67.5 Å². The average Bonchev–Trinajstić information content (AvgIpc) is 3.10. The van der Waals surface area contributed by atoms with Crippen molar-refractivity contribution in [3.8, 4) is 0 Å². The summed E-state index contributed by atoms with van der Waals surface area (Å²) in [5.74, 6) is 3.10. The first-order valence-corrected chi connectivity index (χ1v) is 11.3. The normalized spacial score (nSPS) is 22.1. The number of hydrogen-bond acceptors (Lipinski definition) is 3. The second-order valence-corrected chi connectivity index (χ2v) is 8.59. The third-order valence-corrected chi connectivity index (χ3v) is 6.51. The van der Waals surface area contributed by atoms with E-state index in [-0.39, 0.29) is 5.69 Å². The standard InChI is InChI=1S/C23H34N6O/c1-18-17-27(16-12-20(18)19-9-4-3-5-10-19)22(24-2)25-13-8-15-29-23(30)28-14-7-6-11-21(28)26-29/h3-5,9-10,18,20H,6-8,11-17H2,1-2H3,(H,24,25). The molecule has 1 aromatic heterocycles. The molecule has 7 heteroatoms. The number of guanidine groups is 1. The second kappa shape index (κ2) is 9.49. The predicted molar refractivity (Wildman–Crippen MR) is 120 cm³/mol. The first-order valence-electron chi connectivity index (χ1n) is 11.3. The smallest absolute Gasteiger partial charge is 0.345 e. The Balaban J connectivity index is 1.27. The number of likely N-dealkylation sites (tertiary alicyclic amines) is 1. The predicted octanol–water partition coefficient (Wildman–Crippen LogP) is 2.47. The van der Waals surface area contributed by atoms with Crippen molar-refractivity contribution in [2.45, 2.75) is 58.0 Å². The number of aromatic nitrogens is 3. The maximum atomic E-state index is 12.4. The molecule has 0 radical (unpaired) electrons. The largest absolute Gasteiger partial charge is 0.356 e. The van der Waals surface area contributed by atoms with E-state index in [9.17, 15) is 4.79 Å². The van der Waals surface area contributed by atoms with Gasteiger partial charge < -0.3 is 10.2 Å². The fraction of sp³-hybridized carbons (Fsp3) is 0.609. The number of nitrogens with one attached hydrogen (secondary N) is 1. The summed E-state index contributed by atoms with van der Waals surface area (Å²) in [6.07, 6.45) is 5.13. The Hall–Kier alpha value is -2.57. The van der Waals surface area contributed by atoms with Gasteiger partial charge in [0, 0.05) is 46.2 Å². The zero-order chi connectivity index (χ0) is 20.9. The molecule has 4 rings (SSSR count). The van der Waals surface area contributed by atoms with Crippen LogP contribution in [0.5, 0.6) is 0 Å². The van der Waals surface area contributed by atoms with Gasteiger partial charge in [-0.1, -0.05) is 37.3 Å². The summed E-state index contributed by atoms with van der Waals surface area (Å²) in [6, 6.07) is 10.9. The Morgan fingerprint density at radius 1 is 1.23 bits per heavy atom. The van der Waals surface area contributed by atoms with Gasteiger partial charge in [0.2, 0.25) is 0 Å². The lowest BCUT2D eigenvalue weighted by Crippen LogP contribution is -2.48. The van der Waals surface area contributed by atoms with E-state index in [2.05, 4.69) is 57.6 Å². The third-order valence-electron chi connectivity index (χ3n) is 6.51. The van der Waals surface area contributed by atoms with Crippen molar-refractivity contribution in [3.05, 3.63) is 52.2 Å². The van der Waals surface area contributed by atoms with Crippen molar-refractivity contribution in [1.29, 1.82) is 0 Å². The molecule has 2 atom stereocenters. The lowest BCUT2D eigenvalue weighted by molar-refractivity contribution is 0.234. The van der Waals surface area contributed by atoms with Crippen LogP contribution in [-0.4, -0.2) is 51.9 Å². The van der Waals surface area contributed by atoms with Crippen LogP contribution in [-0.2, 0) is 19.5 Å². The van der Waals surface area contributed by atoms with Crippen molar-refractivity contribution < 1.29 is 0 Å². The highest BCUT2D eigenvalue weighted by Crippen LogP contribution is 2.32. The lowest BCUT2D eigenvalue weighted by atomic mass is 9.82. The second-order valence-electron chi connectivity index (χ2n) is 8.59. The van der Waals surface area contributed by atoms with E-state index in [4.69, 9.17) is 0 Å². The molecule has 30 heavy (non-hydrogen) atoms. The highest BCUT2D eigenvalue weighted by Gasteiger charge is 2.28. The van der Waals surface area contributed by atoms with Crippen molar-refractivity contribution in [2.75, 3.05) is 26.7 Å².